The summed E-state index contributed by atoms with van der Waals surface area (Å²) >= 11 is 6.96. The van der Waals surface area contributed by atoms with Crippen molar-refractivity contribution in [1.29, 1.82) is 0 Å². The van der Waals surface area contributed by atoms with Crippen LogP contribution in [0.2, 0.25) is 5.02 Å². The lowest BCUT2D eigenvalue weighted by Crippen LogP contribution is -2.44. The van der Waals surface area contributed by atoms with Crippen molar-refractivity contribution >= 4 is 35.1 Å². The van der Waals surface area contributed by atoms with Gasteiger partial charge in [-0.25, -0.2) is 4.39 Å². The van der Waals surface area contributed by atoms with Crippen LogP contribution in [0.25, 0.3) is 0 Å². The van der Waals surface area contributed by atoms with Crippen LogP contribution in [0.15, 0.2) is 24.4 Å². The van der Waals surface area contributed by atoms with Gasteiger partial charge in [-0.15, -0.1) is 0 Å². The molecular formula is C16H18ClFN4OS. The number of carbonyl (C=O) groups excluding carboxylic acids is 1. The molecule has 0 aliphatic carbocycles. The van der Waals surface area contributed by atoms with Crippen molar-refractivity contribution in [2.24, 2.45) is 0 Å². The Kier molecular flexibility index (Phi) is 5.63. The number of hydrogen-bond acceptors (Lipinski definition) is 5. The maximum atomic E-state index is 13.1. The van der Waals surface area contributed by atoms with Crippen LogP contribution in [0.3, 0.4) is 0 Å². The first kappa shape index (κ1) is 17.1. The van der Waals surface area contributed by atoms with Crippen LogP contribution in [-0.4, -0.2) is 33.8 Å². The van der Waals surface area contributed by atoms with Gasteiger partial charge in [0.25, 0.3) is 0 Å². The van der Waals surface area contributed by atoms with E-state index in [0.29, 0.717) is 12.8 Å². The van der Waals surface area contributed by atoms with E-state index in [9.17, 15) is 9.18 Å². The van der Waals surface area contributed by atoms with Gasteiger partial charge in [-0.3, -0.25) is 4.79 Å². The Labute approximate surface area is 149 Å². The third-order valence-corrected chi connectivity index (χ3v) is 4.92. The van der Waals surface area contributed by atoms with E-state index in [1.165, 1.54) is 17.8 Å². The fourth-order valence-electron chi connectivity index (χ4n) is 2.80. The van der Waals surface area contributed by atoms with Gasteiger partial charge in [0, 0.05) is 25.6 Å². The number of rotatable bonds is 5. The predicted octanol–water partition coefficient (Wildman–Crippen LogP) is 3.05. The number of anilines is 1. The van der Waals surface area contributed by atoms with E-state index in [4.69, 9.17) is 11.6 Å². The number of aromatic nitrogens is 2. The number of aryl methyl sites for hydroxylation is 1. The number of amides is 1. The van der Waals surface area contributed by atoms with E-state index in [1.54, 1.807) is 18.3 Å². The molecule has 1 aliphatic heterocycles. The molecule has 0 bridgehead atoms. The van der Waals surface area contributed by atoms with Crippen molar-refractivity contribution < 1.29 is 9.18 Å². The van der Waals surface area contributed by atoms with Crippen molar-refractivity contribution in [2.75, 3.05) is 18.0 Å². The quantitative estimate of drug-likeness (QED) is 0.881. The molecule has 3 rings (SSSR count). The van der Waals surface area contributed by atoms with Crippen LogP contribution in [0.4, 0.5) is 10.2 Å². The van der Waals surface area contributed by atoms with Crippen LogP contribution in [0.5, 0.6) is 0 Å². The van der Waals surface area contributed by atoms with Crippen molar-refractivity contribution in [3.63, 3.8) is 0 Å². The number of benzene rings is 1. The lowest BCUT2D eigenvalue weighted by Gasteiger charge is -2.32. The number of nitrogens with zero attached hydrogens (tertiary/aromatic N) is 3. The first-order chi connectivity index (χ1) is 11.6. The highest BCUT2D eigenvalue weighted by Gasteiger charge is 2.21. The fourth-order valence-corrected chi connectivity index (χ4v) is 3.44. The van der Waals surface area contributed by atoms with E-state index in [-0.39, 0.29) is 17.0 Å². The molecule has 5 nitrogen and oxygen atoms in total. The summed E-state index contributed by atoms with van der Waals surface area (Å²) in [6.45, 7) is 1.73. The minimum Gasteiger partial charge on any atom is -0.354 e. The minimum atomic E-state index is -0.438. The molecule has 0 atom stereocenters. The highest BCUT2D eigenvalue weighted by molar-refractivity contribution is 6.99. The number of hydrogen-bond donors (Lipinski definition) is 1. The number of carbonyl (C=O) groups is 1. The predicted molar refractivity (Wildman–Crippen MR) is 93.0 cm³/mol. The molecule has 1 amide bonds. The topological polar surface area (TPSA) is 58.1 Å². The first-order valence-electron chi connectivity index (χ1n) is 7.87. The Bertz CT molecular complexity index is 689. The summed E-state index contributed by atoms with van der Waals surface area (Å²) in [4.78, 5) is 14.3. The maximum Gasteiger partial charge on any atom is 0.220 e. The molecule has 1 aliphatic rings. The molecule has 2 heterocycles. The van der Waals surface area contributed by atoms with Crippen molar-refractivity contribution in [2.45, 2.75) is 31.7 Å². The summed E-state index contributed by atoms with van der Waals surface area (Å²) in [5.41, 5.74) is 0.863. The van der Waals surface area contributed by atoms with Gasteiger partial charge in [-0.2, -0.15) is 8.75 Å². The first-order valence-corrected chi connectivity index (χ1v) is 8.98. The second-order valence-electron chi connectivity index (χ2n) is 5.84. The maximum absolute atomic E-state index is 13.1. The van der Waals surface area contributed by atoms with Crippen molar-refractivity contribution in [3.05, 3.63) is 40.8 Å². The third kappa shape index (κ3) is 4.42. The molecule has 1 saturated heterocycles. The molecular weight excluding hydrogens is 351 g/mol. The fraction of sp³-hybridized carbons (Fsp3) is 0.438. The summed E-state index contributed by atoms with van der Waals surface area (Å²) in [5, 5.41) is 3.17. The van der Waals surface area contributed by atoms with Gasteiger partial charge in [-0.1, -0.05) is 17.7 Å². The molecule has 0 spiro atoms. The Morgan fingerprint density at radius 3 is 2.88 bits per heavy atom. The molecule has 8 heteroatoms. The lowest BCUT2D eigenvalue weighted by atomic mass is 10.0. The Morgan fingerprint density at radius 2 is 2.21 bits per heavy atom. The van der Waals surface area contributed by atoms with Crippen LogP contribution in [-0.2, 0) is 11.2 Å². The van der Waals surface area contributed by atoms with Crippen molar-refractivity contribution in [1.82, 2.24) is 14.1 Å². The monoisotopic (exact) mass is 368 g/mol. The van der Waals surface area contributed by atoms with E-state index in [0.717, 1.165) is 37.3 Å². The van der Waals surface area contributed by atoms with Gasteiger partial charge in [0.05, 0.1) is 22.9 Å². The number of nitrogens with one attached hydrogen (secondary N) is 1. The van der Waals surface area contributed by atoms with E-state index < -0.39 is 5.82 Å². The van der Waals surface area contributed by atoms with Gasteiger partial charge in [0.2, 0.25) is 5.91 Å². The summed E-state index contributed by atoms with van der Waals surface area (Å²) in [6.07, 6.45) is 4.49. The lowest BCUT2D eigenvalue weighted by molar-refractivity contribution is -0.121. The average Bonchev–Trinajstić information content (AvgIpc) is 3.11. The molecule has 0 radical (unpaired) electrons. The van der Waals surface area contributed by atoms with Gasteiger partial charge in [-0.05, 0) is 37.0 Å². The zero-order valence-corrected chi connectivity index (χ0v) is 14.6. The van der Waals surface area contributed by atoms with Crippen LogP contribution in [0.1, 0.15) is 24.8 Å². The second-order valence-corrected chi connectivity index (χ2v) is 6.81. The summed E-state index contributed by atoms with van der Waals surface area (Å²) < 4.78 is 21.4. The largest absolute Gasteiger partial charge is 0.354 e. The standard InChI is InChI=1S/C16H18ClFN4OS/c17-13-9-11(1-3-14(13)18)2-4-16(23)20-12-5-7-22(8-6-12)15-10-19-24-21-15/h1,3,9-10,12H,2,4-8H2,(H,20,23). The zero-order chi connectivity index (χ0) is 16.9. The summed E-state index contributed by atoms with van der Waals surface area (Å²) in [6, 6.07) is 4.76. The second kappa shape index (κ2) is 7.90. The SMILES string of the molecule is O=C(CCc1ccc(F)c(Cl)c1)NC1CCN(c2cnsn2)CC1. The normalized spacial score (nSPS) is 15.5. The molecule has 24 heavy (non-hydrogen) atoms. The number of halogens is 2. The summed E-state index contributed by atoms with van der Waals surface area (Å²) in [5.74, 6) is 0.495. The zero-order valence-electron chi connectivity index (χ0n) is 13.0. The van der Waals surface area contributed by atoms with E-state index in [2.05, 4.69) is 19.0 Å². The van der Waals surface area contributed by atoms with E-state index >= 15 is 0 Å². The third-order valence-electron chi connectivity index (χ3n) is 4.16. The van der Waals surface area contributed by atoms with E-state index in [1.807, 2.05) is 0 Å². The molecule has 1 N–H and O–H groups in total. The number of piperidine rings is 1. The Hall–Kier alpha value is -1.73. The molecule has 128 valence electrons. The highest BCUT2D eigenvalue weighted by Crippen LogP contribution is 2.19. The smallest absolute Gasteiger partial charge is 0.220 e. The molecule has 1 aromatic heterocycles. The molecule has 0 saturated carbocycles. The molecule has 0 unspecified atom stereocenters. The molecule has 1 aromatic carbocycles. The Balaban J connectivity index is 1.42. The summed E-state index contributed by atoms with van der Waals surface area (Å²) in [7, 11) is 0. The Morgan fingerprint density at radius 1 is 1.42 bits per heavy atom. The minimum absolute atomic E-state index is 0.0178. The van der Waals surface area contributed by atoms with Gasteiger partial charge in [0.1, 0.15) is 5.82 Å². The molecule has 2 aromatic rings. The highest BCUT2D eigenvalue weighted by atomic mass is 35.5. The van der Waals surface area contributed by atoms with Crippen LogP contribution >= 0.6 is 23.3 Å². The van der Waals surface area contributed by atoms with Gasteiger partial charge < -0.3 is 10.2 Å². The van der Waals surface area contributed by atoms with Crippen LogP contribution < -0.4 is 10.2 Å². The van der Waals surface area contributed by atoms with Gasteiger partial charge >= 0.3 is 0 Å². The van der Waals surface area contributed by atoms with Gasteiger partial charge in [0.15, 0.2) is 5.82 Å². The average molecular weight is 369 g/mol. The van der Waals surface area contributed by atoms with Crippen molar-refractivity contribution in [3.8, 4) is 0 Å². The van der Waals surface area contributed by atoms with Crippen LogP contribution in [0, 0.1) is 5.82 Å². The molecule has 1 fully saturated rings.